The van der Waals surface area contributed by atoms with Crippen LogP contribution >= 0.6 is 11.3 Å². The van der Waals surface area contributed by atoms with E-state index in [9.17, 15) is 9.59 Å². The smallest absolute Gasteiger partial charge is 0.226 e. The van der Waals surface area contributed by atoms with Gasteiger partial charge in [-0.25, -0.2) is 4.98 Å². The highest BCUT2D eigenvalue weighted by molar-refractivity contribution is 7.09. The summed E-state index contributed by atoms with van der Waals surface area (Å²) < 4.78 is 0. The first-order valence-electron chi connectivity index (χ1n) is 9.03. The number of benzene rings is 2. The van der Waals surface area contributed by atoms with Crippen LogP contribution < -0.4 is 5.32 Å². The van der Waals surface area contributed by atoms with Gasteiger partial charge < -0.3 is 10.2 Å². The van der Waals surface area contributed by atoms with E-state index in [1.807, 2.05) is 35.4 Å². The molecule has 3 aromatic rings. The van der Waals surface area contributed by atoms with E-state index in [4.69, 9.17) is 0 Å². The molecule has 2 aromatic carbocycles. The number of nitrogens with one attached hydrogen (secondary N) is 1. The van der Waals surface area contributed by atoms with Crippen molar-refractivity contribution >= 4 is 33.9 Å². The highest BCUT2D eigenvalue weighted by Crippen LogP contribution is 2.22. The summed E-state index contributed by atoms with van der Waals surface area (Å²) in [6, 6.07) is 14.2. The summed E-state index contributed by atoms with van der Waals surface area (Å²) in [5.74, 6) is 0.00264. The summed E-state index contributed by atoms with van der Waals surface area (Å²) in [4.78, 5) is 30.8. The molecule has 1 unspecified atom stereocenters. The Morgan fingerprint density at radius 1 is 1.26 bits per heavy atom. The van der Waals surface area contributed by atoms with Crippen LogP contribution in [0, 0.1) is 6.92 Å². The number of carbonyl (C=O) groups is 2. The highest BCUT2D eigenvalue weighted by Gasteiger charge is 2.30. The van der Waals surface area contributed by atoms with Crippen LogP contribution in [0.2, 0.25) is 0 Å². The molecule has 2 heterocycles. The molecule has 1 aliphatic heterocycles. The van der Waals surface area contributed by atoms with Crippen LogP contribution in [-0.2, 0) is 22.6 Å². The number of aromatic nitrogens is 1. The minimum absolute atomic E-state index is 0.0786. The van der Waals surface area contributed by atoms with E-state index in [1.165, 1.54) is 22.1 Å². The maximum atomic E-state index is 12.4. The Labute approximate surface area is 162 Å². The predicted octanol–water partition coefficient (Wildman–Crippen LogP) is 3.06. The van der Waals surface area contributed by atoms with Crippen LogP contribution in [0.1, 0.15) is 22.7 Å². The third-order valence-electron chi connectivity index (χ3n) is 4.83. The van der Waals surface area contributed by atoms with Gasteiger partial charge in [0, 0.05) is 24.9 Å². The summed E-state index contributed by atoms with van der Waals surface area (Å²) in [6.07, 6.45) is 0.616. The Morgan fingerprint density at radius 2 is 2.07 bits per heavy atom. The van der Waals surface area contributed by atoms with Crippen LogP contribution in [-0.4, -0.2) is 34.3 Å². The molecule has 0 bridgehead atoms. The maximum absolute atomic E-state index is 12.4. The molecule has 0 spiro atoms. The number of thiazole rings is 1. The fourth-order valence-electron chi connectivity index (χ4n) is 3.59. The van der Waals surface area contributed by atoms with Crippen molar-refractivity contribution in [1.29, 1.82) is 0 Å². The molecule has 0 radical (unpaired) electrons. The molecule has 2 amide bonds. The summed E-state index contributed by atoms with van der Waals surface area (Å²) in [6.45, 7) is 3.04. The number of hydrogen-bond donors (Lipinski definition) is 1. The Bertz CT molecular complexity index is 993. The number of fused-ring (bicyclic) bond motifs is 1. The predicted molar refractivity (Wildman–Crippen MR) is 106 cm³/mol. The lowest BCUT2D eigenvalue weighted by Crippen LogP contribution is -2.37. The molecule has 138 valence electrons. The minimum atomic E-state index is -0.139. The zero-order chi connectivity index (χ0) is 18.8. The number of rotatable bonds is 5. The van der Waals surface area contributed by atoms with Crippen molar-refractivity contribution < 1.29 is 9.59 Å². The van der Waals surface area contributed by atoms with E-state index in [-0.39, 0.29) is 24.3 Å². The van der Waals surface area contributed by atoms with Crippen molar-refractivity contribution in [3.63, 3.8) is 0 Å². The summed E-state index contributed by atoms with van der Waals surface area (Å²) >= 11 is 1.54. The SMILES string of the molecule is Cc1nc(CC(=O)NC2CC(=O)N(Cc3cccc4ccccc34)C2)cs1. The van der Waals surface area contributed by atoms with Gasteiger partial charge in [0.05, 0.1) is 23.2 Å². The zero-order valence-electron chi connectivity index (χ0n) is 15.1. The van der Waals surface area contributed by atoms with Gasteiger partial charge in [-0.05, 0) is 23.3 Å². The Hall–Kier alpha value is -2.73. The Morgan fingerprint density at radius 3 is 2.89 bits per heavy atom. The normalized spacial score (nSPS) is 16.9. The third-order valence-corrected chi connectivity index (χ3v) is 5.65. The quantitative estimate of drug-likeness (QED) is 0.741. The molecule has 1 saturated heterocycles. The number of amides is 2. The molecule has 1 N–H and O–H groups in total. The van der Waals surface area contributed by atoms with Crippen molar-refractivity contribution in [3.05, 3.63) is 64.1 Å². The van der Waals surface area contributed by atoms with Crippen LogP contribution in [0.25, 0.3) is 10.8 Å². The fourth-order valence-corrected chi connectivity index (χ4v) is 4.20. The first kappa shape index (κ1) is 17.7. The van der Waals surface area contributed by atoms with E-state index in [0.29, 0.717) is 19.5 Å². The van der Waals surface area contributed by atoms with E-state index < -0.39 is 0 Å². The molecule has 1 atom stereocenters. The van der Waals surface area contributed by atoms with Gasteiger partial charge in [0.15, 0.2) is 0 Å². The zero-order valence-corrected chi connectivity index (χ0v) is 16.0. The first-order valence-corrected chi connectivity index (χ1v) is 9.91. The Kier molecular flexibility index (Phi) is 4.90. The second-order valence-electron chi connectivity index (χ2n) is 6.92. The second-order valence-corrected chi connectivity index (χ2v) is 7.98. The number of likely N-dealkylation sites (tertiary alicyclic amines) is 1. The summed E-state index contributed by atoms with van der Waals surface area (Å²) in [5.41, 5.74) is 1.92. The maximum Gasteiger partial charge on any atom is 0.226 e. The molecule has 4 rings (SSSR count). The van der Waals surface area contributed by atoms with E-state index in [2.05, 4.69) is 34.6 Å². The lowest BCUT2D eigenvalue weighted by atomic mass is 10.0. The van der Waals surface area contributed by atoms with Gasteiger partial charge in [0.25, 0.3) is 0 Å². The first-order chi connectivity index (χ1) is 13.1. The molecule has 0 aliphatic carbocycles. The van der Waals surface area contributed by atoms with Gasteiger partial charge in [0.1, 0.15) is 0 Å². The monoisotopic (exact) mass is 379 g/mol. The van der Waals surface area contributed by atoms with Crippen molar-refractivity contribution in [1.82, 2.24) is 15.2 Å². The van der Waals surface area contributed by atoms with Gasteiger partial charge in [-0.1, -0.05) is 42.5 Å². The van der Waals surface area contributed by atoms with Crippen molar-refractivity contribution in [2.24, 2.45) is 0 Å². The lowest BCUT2D eigenvalue weighted by molar-refractivity contribution is -0.128. The van der Waals surface area contributed by atoms with Gasteiger partial charge in [0.2, 0.25) is 11.8 Å². The molecule has 1 fully saturated rings. The standard InChI is InChI=1S/C21H21N3O2S/c1-14-22-18(13-27-14)9-20(25)23-17-10-21(26)24(12-17)11-16-7-4-6-15-5-2-3-8-19(15)16/h2-8,13,17H,9-12H2,1H3,(H,23,25). The Balaban J connectivity index is 1.39. The summed E-state index contributed by atoms with van der Waals surface area (Å²) in [5, 5.41) is 8.18. The molecular weight excluding hydrogens is 358 g/mol. The topological polar surface area (TPSA) is 62.3 Å². The van der Waals surface area contributed by atoms with Crippen molar-refractivity contribution in [2.45, 2.75) is 32.4 Å². The number of nitrogens with zero attached hydrogens (tertiary/aromatic N) is 2. The molecule has 5 nitrogen and oxygen atoms in total. The van der Waals surface area contributed by atoms with Crippen LogP contribution in [0.4, 0.5) is 0 Å². The van der Waals surface area contributed by atoms with Crippen LogP contribution in [0.15, 0.2) is 47.8 Å². The van der Waals surface area contributed by atoms with Gasteiger partial charge in [-0.2, -0.15) is 0 Å². The largest absolute Gasteiger partial charge is 0.351 e. The summed E-state index contributed by atoms with van der Waals surface area (Å²) in [7, 11) is 0. The van der Waals surface area contributed by atoms with Gasteiger partial charge in [-0.15, -0.1) is 11.3 Å². The average Bonchev–Trinajstić information content (AvgIpc) is 3.20. The lowest BCUT2D eigenvalue weighted by Gasteiger charge is -2.18. The second kappa shape index (κ2) is 7.48. The van der Waals surface area contributed by atoms with E-state index in [1.54, 1.807) is 0 Å². The molecule has 1 aromatic heterocycles. The number of carbonyl (C=O) groups excluding carboxylic acids is 2. The number of hydrogen-bond acceptors (Lipinski definition) is 4. The third kappa shape index (κ3) is 4.01. The molecule has 27 heavy (non-hydrogen) atoms. The minimum Gasteiger partial charge on any atom is -0.351 e. The highest BCUT2D eigenvalue weighted by atomic mass is 32.1. The molecular formula is C21H21N3O2S. The van der Waals surface area contributed by atoms with Crippen LogP contribution in [0.3, 0.4) is 0 Å². The van der Waals surface area contributed by atoms with Crippen molar-refractivity contribution in [2.75, 3.05) is 6.54 Å². The van der Waals surface area contributed by atoms with Gasteiger partial charge in [-0.3, -0.25) is 9.59 Å². The average molecular weight is 379 g/mol. The molecule has 6 heteroatoms. The van der Waals surface area contributed by atoms with Crippen molar-refractivity contribution in [3.8, 4) is 0 Å². The van der Waals surface area contributed by atoms with Gasteiger partial charge >= 0.3 is 0 Å². The number of aryl methyl sites for hydroxylation is 1. The van der Waals surface area contributed by atoms with E-state index >= 15 is 0 Å². The van der Waals surface area contributed by atoms with E-state index in [0.717, 1.165) is 16.3 Å². The molecule has 1 aliphatic rings. The molecule has 0 saturated carbocycles. The fraction of sp³-hybridized carbons (Fsp3) is 0.286. The van der Waals surface area contributed by atoms with Crippen LogP contribution in [0.5, 0.6) is 0 Å².